The van der Waals surface area contributed by atoms with E-state index in [9.17, 15) is 19.7 Å². The van der Waals surface area contributed by atoms with E-state index >= 15 is 0 Å². The van der Waals surface area contributed by atoms with Crippen molar-refractivity contribution in [1.29, 1.82) is 0 Å². The Kier molecular flexibility index (Phi) is 9.21. The van der Waals surface area contributed by atoms with E-state index in [4.69, 9.17) is 32.7 Å². The fourth-order valence-electron chi connectivity index (χ4n) is 2.59. The van der Waals surface area contributed by atoms with Crippen LogP contribution in [0.1, 0.15) is 15.9 Å². The van der Waals surface area contributed by atoms with Gasteiger partial charge in [-0.2, -0.15) is 5.10 Å². The van der Waals surface area contributed by atoms with E-state index in [2.05, 4.69) is 42.4 Å². The minimum absolute atomic E-state index is 0.0225. The van der Waals surface area contributed by atoms with Crippen LogP contribution in [-0.4, -0.2) is 29.6 Å². The molecule has 0 unspecified atom stereocenters. The van der Waals surface area contributed by atoms with Crippen LogP contribution in [0.3, 0.4) is 0 Å². The zero-order valence-corrected chi connectivity index (χ0v) is 22.0. The van der Waals surface area contributed by atoms with Crippen molar-refractivity contribution in [3.63, 3.8) is 0 Å². The number of hydrazone groups is 1. The van der Waals surface area contributed by atoms with Crippen molar-refractivity contribution in [2.75, 3.05) is 6.61 Å². The van der Waals surface area contributed by atoms with Gasteiger partial charge in [-0.3, -0.25) is 14.9 Å². The number of hydrogen-bond acceptors (Lipinski definition) is 7. The molecule has 1 amide bonds. The Hall–Kier alpha value is -2.99. The maximum absolute atomic E-state index is 12.6. The fraction of sp³-hybridized carbons (Fsp3) is 0.0455. The molecule has 3 aromatic rings. The van der Waals surface area contributed by atoms with Gasteiger partial charge >= 0.3 is 5.97 Å². The number of nitro groups is 1. The summed E-state index contributed by atoms with van der Waals surface area (Å²) in [6, 6.07) is 13.3. The summed E-state index contributed by atoms with van der Waals surface area (Å²) in [6.07, 6.45) is 1.11. The lowest BCUT2D eigenvalue weighted by Gasteiger charge is -2.10. The SMILES string of the molecule is O=C(COc1ccc(Cl)cc1Cl)N/N=C/c1cc([N+](=O)[O-])cc(Br)c1OC(=O)c1ccc(Br)cc1. The van der Waals surface area contributed by atoms with Gasteiger partial charge < -0.3 is 9.47 Å². The highest BCUT2D eigenvalue weighted by Crippen LogP contribution is 2.33. The molecule has 1 N–H and O–H groups in total. The Balaban J connectivity index is 1.74. The maximum atomic E-state index is 12.6. The van der Waals surface area contributed by atoms with E-state index in [0.717, 1.165) is 16.8 Å². The Morgan fingerprint density at radius 2 is 1.80 bits per heavy atom. The molecule has 0 aliphatic heterocycles. The van der Waals surface area contributed by atoms with Crippen LogP contribution in [-0.2, 0) is 4.79 Å². The second kappa shape index (κ2) is 12.1. The van der Waals surface area contributed by atoms with Gasteiger partial charge in [-0.15, -0.1) is 0 Å². The zero-order valence-electron chi connectivity index (χ0n) is 17.3. The van der Waals surface area contributed by atoms with Crippen molar-refractivity contribution in [1.82, 2.24) is 5.43 Å². The van der Waals surface area contributed by atoms with Gasteiger partial charge in [0.25, 0.3) is 11.6 Å². The minimum Gasteiger partial charge on any atom is -0.482 e. The summed E-state index contributed by atoms with van der Waals surface area (Å²) in [4.78, 5) is 35.3. The molecular formula is C22H13Br2Cl2N3O6. The predicted molar refractivity (Wildman–Crippen MR) is 138 cm³/mol. The number of benzene rings is 3. The molecule has 9 nitrogen and oxygen atoms in total. The normalized spacial score (nSPS) is 10.7. The van der Waals surface area contributed by atoms with E-state index < -0.39 is 23.4 Å². The standard InChI is InChI=1S/C22H13Br2Cl2N3O6/c23-14-3-1-12(2-4-14)22(31)35-21-13(7-16(29(32)33)9-17(21)24)10-27-28-20(30)11-34-19-6-5-15(25)8-18(19)26/h1-10H,11H2,(H,28,30)/b27-10+. The molecule has 0 radical (unpaired) electrons. The minimum atomic E-state index is -0.695. The van der Waals surface area contributed by atoms with E-state index in [1.807, 2.05) is 0 Å². The summed E-state index contributed by atoms with van der Waals surface area (Å²) < 4.78 is 11.7. The Morgan fingerprint density at radius 1 is 1.09 bits per heavy atom. The highest BCUT2D eigenvalue weighted by molar-refractivity contribution is 9.10. The molecule has 35 heavy (non-hydrogen) atoms. The van der Waals surface area contributed by atoms with Crippen molar-refractivity contribution in [2.45, 2.75) is 0 Å². The molecular weight excluding hydrogens is 633 g/mol. The number of carbonyl (C=O) groups excluding carboxylic acids is 2. The number of non-ortho nitro benzene ring substituents is 1. The number of nitrogens with zero attached hydrogens (tertiary/aromatic N) is 2. The van der Waals surface area contributed by atoms with Crippen molar-refractivity contribution in [2.24, 2.45) is 5.10 Å². The van der Waals surface area contributed by atoms with Crippen LogP contribution in [0.15, 0.2) is 68.6 Å². The Labute approximate surface area is 225 Å². The van der Waals surface area contributed by atoms with Crippen molar-refractivity contribution < 1.29 is 24.0 Å². The van der Waals surface area contributed by atoms with Crippen LogP contribution in [0.2, 0.25) is 10.0 Å². The van der Waals surface area contributed by atoms with Crippen LogP contribution < -0.4 is 14.9 Å². The number of esters is 1. The molecule has 0 aliphatic rings. The second-order valence-corrected chi connectivity index (χ2v) is 9.27. The molecule has 0 saturated carbocycles. The van der Waals surface area contributed by atoms with Gasteiger partial charge in [-0.05, 0) is 58.4 Å². The lowest BCUT2D eigenvalue weighted by Crippen LogP contribution is -2.24. The predicted octanol–water partition coefficient (Wildman–Crippen LogP) is 6.17. The lowest BCUT2D eigenvalue weighted by atomic mass is 10.2. The fourth-order valence-corrected chi connectivity index (χ4v) is 3.86. The van der Waals surface area contributed by atoms with Crippen LogP contribution in [0.5, 0.6) is 11.5 Å². The first kappa shape index (κ1) is 26.6. The van der Waals surface area contributed by atoms with E-state index in [1.54, 1.807) is 30.3 Å². The molecule has 3 rings (SSSR count). The third kappa shape index (κ3) is 7.49. The van der Waals surface area contributed by atoms with Gasteiger partial charge in [0.2, 0.25) is 0 Å². The van der Waals surface area contributed by atoms with Crippen LogP contribution in [0, 0.1) is 10.1 Å². The summed E-state index contributed by atoms with van der Waals surface area (Å²) in [5, 5.41) is 15.7. The van der Waals surface area contributed by atoms with Gasteiger partial charge in [0.1, 0.15) is 5.75 Å². The summed E-state index contributed by atoms with van der Waals surface area (Å²) in [5.41, 5.74) is 2.27. The van der Waals surface area contributed by atoms with E-state index in [1.165, 1.54) is 18.2 Å². The molecule has 0 heterocycles. The molecule has 3 aromatic carbocycles. The first-order chi connectivity index (χ1) is 16.6. The van der Waals surface area contributed by atoms with E-state index in [-0.39, 0.29) is 37.8 Å². The summed E-state index contributed by atoms with van der Waals surface area (Å²) >= 11 is 18.3. The number of rotatable bonds is 8. The van der Waals surface area contributed by atoms with Gasteiger partial charge in [0.15, 0.2) is 12.4 Å². The number of amides is 1. The lowest BCUT2D eigenvalue weighted by molar-refractivity contribution is -0.385. The van der Waals surface area contributed by atoms with Crippen molar-refractivity contribution in [3.05, 3.63) is 94.8 Å². The smallest absolute Gasteiger partial charge is 0.343 e. The zero-order chi connectivity index (χ0) is 25.5. The molecule has 180 valence electrons. The third-order valence-electron chi connectivity index (χ3n) is 4.19. The molecule has 0 fully saturated rings. The number of nitrogens with one attached hydrogen (secondary N) is 1. The van der Waals surface area contributed by atoms with Crippen molar-refractivity contribution in [3.8, 4) is 11.5 Å². The summed E-state index contributed by atoms with van der Waals surface area (Å²) in [7, 11) is 0. The maximum Gasteiger partial charge on any atom is 0.343 e. The average molecular weight is 646 g/mol. The van der Waals surface area contributed by atoms with E-state index in [0.29, 0.717) is 5.02 Å². The molecule has 0 aliphatic carbocycles. The number of nitro benzene ring substituents is 1. The van der Waals surface area contributed by atoms with Crippen molar-refractivity contribution >= 4 is 78.8 Å². The van der Waals surface area contributed by atoms with Crippen LogP contribution >= 0.6 is 55.1 Å². The Morgan fingerprint density at radius 3 is 2.46 bits per heavy atom. The number of carbonyl (C=O) groups is 2. The molecule has 0 aromatic heterocycles. The van der Waals surface area contributed by atoms with Crippen LogP contribution in [0.4, 0.5) is 5.69 Å². The van der Waals surface area contributed by atoms with Gasteiger partial charge in [-0.25, -0.2) is 10.2 Å². The van der Waals surface area contributed by atoms with Gasteiger partial charge in [0, 0.05) is 27.2 Å². The number of hydrogen-bond donors (Lipinski definition) is 1. The largest absolute Gasteiger partial charge is 0.482 e. The molecule has 0 saturated heterocycles. The van der Waals surface area contributed by atoms with Gasteiger partial charge in [-0.1, -0.05) is 39.1 Å². The molecule has 0 atom stereocenters. The molecule has 13 heteroatoms. The highest BCUT2D eigenvalue weighted by Gasteiger charge is 2.19. The molecule has 0 bridgehead atoms. The number of ether oxygens (including phenoxy) is 2. The van der Waals surface area contributed by atoms with Crippen LogP contribution in [0.25, 0.3) is 0 Å². The quantitative estimate of drug-likeness (QED) is 0.103. The summed E-state index contributed by atoms with van der Waals surface area (Å²) in [6.45, 7) is -0.414. The highest BCUT2D eigenvalue weighted by atomic mass is 79.9. The second-order valence-electron chi connectivity index (χ2n) is 6.66. The third-order valence-corrected chi connectivity index (χ3v) is 5.84. The molecule has 0 spiro atoms. The first-order valence-corrected chi connectivity index (χ1v) is 11.8. The average Bonchev–Trinajstić information content (AvgIpc) is 2.80. The first-order valence-electron chi connectivity index (χ1n) is 9.49. The number of halogens is 4. The van der Waals surface area contributed by atoms with Gasteiger partial charge in [0.05, 0.1) is 26.2 Å². The Bertz CT molecular complexity index is 1320. The summed E-state index contributed by atoms with van der Waals surface area (Å²) in [5.74, 6) is -1.10. The topological polar surface area (TPSA) is 120 Å². The monoisotopic (exact) mass is 643 g/mol.